The lowest BCUT2D eigenvalue weighted by molar-refractivity contribution is 0.0688. The van der Waals surface area contributed by atoms with Crippen molar-refractivity contribution in [2.24, 2.45) is 5.16 Å². The van der Waals surface area contributed by atoms with E-state index >= 15 is 0 Å². The van der Waals surface area contributed by atoms with Gasteiger partial charge >= 0.3 is 11.9 Å². The Balaban J connectivity index is 1.56. The van der Waals surface area contributed by atoms with E-state index in [1.54, 1.807) is 6.07 Å². The average Bonchev–Trinajstić information content (AvgIpc) is 3.06. The molecule has 0 aromatic heterocycles. The zero-order valence-corrected chi connectivity index (χ0v) is 25.4. The van der Waals surface area contributed by atoms with E-state index in [2.05, 4.69) is 48.5 Å². The monoisotopic (exact) mass is 615 g/mol. The lowest BCUT2D eigenvalue weighted by Gasteiger charge is -2.21. The van der Waals surface area contributed by atoms with Crippen LogP contribution in [0.5, 0.6) is 0 Å². The normalized spacial score (nSPS) is 12.8. The first-order chi connectivity index (χ1) is 22.8. The Morgan fingerprint density at radius 3 is 2.21 bits per heavy atom. The third-order valence-electron chi connectivity index (χ3n) is 9.86. The molecule has 0 saturated heterocycles. The Hall–Kier alpha value is -6.08. The van der Waals surface area contributed by atoms with Gasteiger partial charge in [-0.05, 0) is 108 Å². The Morgan fingerprint density at radius 1 is 0.681 bits per heavy atom. The summed E-state index contributed by atoms with van der Waals surface area (Å²) in [5, 5.41) is 36.6. The standard InChI is InChI=1S/C40H25NO6/c1-3-5-19-13-30-35-23(10-8-18-6-4-7-22(19)33(18)35)25-15-26-24-11-9-20-12-21(39(43)44)14-29-32(42)17-31(36(24)34(20)29)38(41-47-2)28(26)16-27(25)37(30)40(45)46/h4,6-17H,3,5H2,1-2H3,(H,43,44)(H,45,46). The molecule has 9 rings (SSSR count). The van der Waals surface area contributed by atoms with E-state index in [0.717, 1.165) is 67.1 Å². The fraction of sp³-hybridized carbons (Fsp3) is 0.100. The number of aryl methyl sites for hydroxylation is 1. The van der Waals surface area contributed by atoms with Crippen molar-refractivity contribution in [3.8, 4) is 11.1 Å². The molecular formula is C40H25NO6. The van der Waals surface area contributed by atoms with E-state index in [-0.39, 0.29) is 16.6 Å². The number of carboxylic acid groups (broad SMARTS) is 2. The van der Waals surface area contributed by atoms with Gasteiger partial charge in [0.2, 0.25) is 0 Å². The van der Waals surface area contributed by atoms with Crippen LogP contribution in [0.15, 0.2) is 88.8 Å². The van der Waals surface area contributed by atoms with E-state index in [1.807, 2.05) is 24.3 Å². The zero-order chi connectivity index (χ0) is 32.3. The molecule has 0 heterocycles. The number of nitrogens with zero attached hydrogens (tertiary/aromatic N) is 1. The molecule has 2 aliphatic carbocycles. The maximum absolute atomic E-state index is 13.5. The van der Waals surface area contributed by atoms with Crippen molar-refractivity contribution in [2.45, 2.75) is 19.8 Å². The molecule has 7 aromatic rings. The van der Waals surface area contributed by atoms with Crippen LogP contribution in [0.4, 0.5) is 0 Å². The highest BCUT2D eigenvalue weighted by Gasteiger charge is 2.26. The molecule has 0 radical (unpaired) electrons. The summed E-state index contributed by atoms with van der Waals surface area (Å²) in [6, 6.07) is 24.7. The molecule has 7 aromatic carbocycles. The lowest BCUT2D eigenvalue weighted by atomic mass is 9.82. The molecule has 0 fully saturated rings. The van der Waals surface area contributed by atoms with Gasteiger partial charge in [-0.2, -0.15) is 0 Å². The number of benzene rings is 9. The molecule has 2 aliphatic rings. The smallest absolute Gasteiger partial charge is 0.336 e. The number of aromatic carboxylic acids is 2. The first-order valence-electron chi connectivity index (χ1n) is 15.5. The largest absolute Gasteiger partial charge is 0.478 e. The minimum Gasteiger partial charge on any atom is -0.478 e. The second-order valence-corrected chi connectivity index (χ2v) is 12.3. The van der Waals surface area contributed by atoms with Crippen LogP contribution in [0.2, 0.25) is 0 Å². The summed E-state index contributed by atoms with van der Waals surface area (Å²) in [5.74, 6) is -2.13. The maximum Gasteiger partial charge on any atom is 0.336 e. The summed E-state index contributed by atoms with van der Waals surface area (Å²) >= 11 is 0. The van der Waals surface area contributed by atoms with E-state index in [9.17, 15) is 24.6 Å². The Kier molecular flexibility index (Phi) is 5.49. The lowest BCUT2D eigenvalue weighted by Crippen LogP contribution is -2.16. The SMILES string of the molecule is CCCc1cc2c(C(=O)O)c3cc4c(=NOC)c5cc(=O)c6cc(C(=O)O)cc7ccc(c-5c76)c4cc3c3ccc4cccc1c4c23. The van der Waals surface area contributed by atoms with Crippen molar-refractivity contribution in [1.82, 2.24) is 0 Å². The molecule has 0 spiro atoms. The Morgan fingerprint density at radius 2 is 1.45 bits per heavy atom. The number of hydrogen-bond donors (Lipinski definition) is 2. The molecule has 7 heteroatoms. The molecular weight excluding hydrogens is 590 g/mol. The third-order valence-corrected chi connectivity index (χ3v) is 9.86. The molecule has 0 aliphatic heterocycles. The summed E-state index contributed by atoms with van der Waals surface area (Å²) in [5.41, 5.74) is 2.39. The summed E-state index contributed by atoms with van der Waals surface area (Å²) in [6.07, 6.45) is 1.75. The summed E-state index contributed by atoms with van der Waals surface area (Å²) in [6.45, 7) is 2.12. The molecule has 0 unspecified atom stereocenters. The third kappa shape index (κ3) is 3.51. The van der Waals surface area contributed by atoms with Gasteiger partial charge in [-0.1, -0.05) is 61.0 Å². The van der Waals surface area contributed by atoms with E-state index in [1.165, 1.54) is 19.2 Å². The highest BCUT2D eigenvalue weighted by atomic mass is 16.6. The highest BCUT2D eigenvalue weighted by molar-refractivity contribution is 6.35. The predicted octanol–water partition coefficient (Wildman–Crippen LogP) is 8.35. The van der Waals surface area contributed by atoms with Crippen LogP contribution < -0.4 is 10.8 Å². The number of carboxylic acids is 2. The van der Waals surface area contributed by atoms with E-state index in [4.69, 9.17) is 4.84 Å². The second kappa shape index (κ2) is 9.47. The summed E-state index contributed by atoms with van der Waals surface area (Å²) < 4.78 is 0. The quantitative estimate of drug-likeness (QED) is 0.114. The van der Waals surface area contributed by atoms with Gasteiger partial charge in [0.05, 0.1) is 11.1 Å². The van der Waals surface area contributed by atoms with Crippen LogP contribution in [0.3, 0.4) is 0 Å². The zero-order valence-electron chi connectivity index (χ0n) is 25.4. The van der Waals surface area contributed by atoms with Crippen molar-refractivity contribution < 1.29 is 24.6 Å². The number of carbonyl (C=O) groups is 2. The molecule has 0 atom stereocenters. The number of fused-ring (bicyclic) bond motifs is 4. The fourth-order valence-electron chi connectivity index (χ4n) is 8.06. The fourth-order valence-corrected chi connectivity index (χ4v) is 8.06. The van der Waals surface area contributed by atoms with Crippen LogP contribution in [-0.4, -0.2) is 29.3 Å². The minimum absolute atomic E-state index is 0.0401. The summed E-state index contributed by atoms with van der Waals surface area (Å²) in [7, 11) is 1.44. The first-order valence-corrected chi connectivity index (χ1v) is 15.5. The molecule has 226 valence electrons. The van der Waals surface area contributed by atoms with Gasteiger partial charge in [-0.3, -0.25) is 4.79 Å². The van der Waals surface area contributed by atoms with Gasteiger partial charge in [0, 0.05) is 27.3 Å². The van der Waals surface area contributed by atoms with Crippen LogP contribution in [0.1, 0.15) is 39.6 Å². The van der Waals surface area contributed by atoms with Crippen molar-refractivity contribution in [1.29, 1.82) is 0 Å². The maximum atomic E-state index is 13.5. The van der Waals surface area contributed by atoms with Gasteiger partial charge in [-0.25, -0.2) is 9.59 Å². The molecule has 7 nitrogen and oxygen atoms in total. The van der Waals surface area contributed by atoms with Crippen molar-refractivity contribution in [2.75, 3.05) is 7.11 Å². The topological polar surface area (TPSA) is 113 Å². The highest BCUT2D eigenvalue weighted by Crippen LogP contribution is 2.46. The summed E-state index contributed by atoms with van der Waals surface area (Å²) in [4.78, 5) is 44.0. The van der Waals surface area contributed by atoms with Gasteiger partial charge < -0.3 is 15.1 Å². The first kappa shape index (κ1) is 27.2. The molecule has 0 amide bonds. The van der Waals surface area contributed by atoms with Crippen LogP contribution in [0.25, 0.3) is 86.5 Å². The van der Waals surface area contributed by atoms with Crippen LogP contribution >= 0.6 is 0 Å². The van der Waals surface area contributed by atoms with E-state index < -0.39 is 11.9 Å². The number of hydrogen-bond acceptors (Lipinski definition) is 5. The van der Waals surface area contributed by atoms with Crippen molar-refractivity contribution in [3.63, 3.8) is 0 Å². The van der Waals surface area contributed by atoms with Crippen LogP contribution in [0, 0.1) is 0 Å². The van der Waals surface area contributed by atoms with Crippen LogP contribution in [-0.2, 0) is 11.3 Å². The predicted molar refractivity (Wildman–Crippen MR) is 186 cm³/mol. The Labute approximate surface area is 265 Å². The Bertz CT molecular complexity index is 2930. The molecule has 0 saturated carbocycles. The molecule has 2 N–H and O–H groups in total. The second-order valence-electron chi connectivity index (χ2n) is 12.3. The molecule has 47 heavy (non-hydrogen) atoms. The van der Waals surface area contributed by atoms with Crippen molar-refractivity contribution in [3.05, 3.63) is 111 Å². The van der Waals surface area contributed by atoms with Gasteiger partial charge in [0.1, 0.15) is 12.5 Å². The number of rotatable bonds is 5. The van der Waals surface area contributed by atoms with E-state index in [0.29, 0.717) is 43.2 Å². The van der Waals surface area contributed by atoms with Gasteiger partial charge in [-0.15, -0.1) is 0 Å². The van der Waals surface area contributed by atoms with Gasteiger partial charge in [0.15, 0.2) is 5.43 Å². The van der Waals surface area contributed by atoms with Crippen molar-refractivity contribution >= 4 is 87.3 Å². The minimum atomic E-state index is -1.11. The molecule has 0 bridgehead atoms. The average molecular weight is 616 g/mol. The van der Waals surface area contributed by atoms with Gasteiger partial charge in [0.25, 0.3) is 0 Å².